The van der Waals surface area contributed by atoms with Gasteiger partial charge in [0.1, 0.15) is 0 Å². The molecule has 0 saturated carbocycles. The van der Waals surface area contributed by atoms with Crippen LogP contribution in [0.4, 0.5) is 0 Å². The molecule has 0 saturated heterocycles. The number of rotatable bonds is 10. The summed E-state index contributed by atoms with van der Waals surface area (Å²) in [6.45, 7) is 11.2. The minimum atomic E-state index is 0.0648. The van der Waals surface area contributed by atoms with Gasteiger partial charge in [-0.2, -0.15) is 0 Å². The van der Waals surface area contributed by atoms with Crippen molar-refractivity contribution >= 4 is 5.96 Å². The van der Waals surface area contributed by atoms with Crippen molar-refractivity contribution in [3.63, 3.8) is 0 Å². The highest BCUT2D eigenvalue weighted by Gasteiger charge is 2.06. The number of guanidine groups is 1. The predicted molar refractivity (Wildman–Crippen MR) is 103 cm³/mol. The van der Waals surface area contributed by atoms with Gasteiger partial charge in [-0.15, -0.1) is 0 Å². The van der Waals surface area contributed by atoms with Crippen LogP contribution in [0.5, 0.6) is 0 Å². The lowest BCUT2D eigenvalue weighted by molar-refractivity contribution is 0.489. The van der Waals surface area contributed by atoms with Crippen molar-refractivity contribution in [2.24, 2.45) is 10.9 Å². The third-order valence-electron chi connectivity index (χ3n) is 3.88. The minimum absolute atomic E-state index is 0.0648. The van der Waals surface area contributed by atoms with Crippen LogP contribution in [0.3, 0.4) is 0 Å². The third-order valence-corrected chi connectivity index (χ3v) is 3.88. The van der Waals surface area contributed by atoms with E-state index in [0.717, 1.165) is 50.8 Å². The van der Waals surface area contributed by atoms with E-state index in [1.807, 2.05) is 12.3 Å². The van der Waals surface area contributed by atoms with E-state index in [2.05, 4.69) is 43.3 Å². The van der Waals surface area contributed by atoms with Crippen molar-refractivity contribution in [1.29, 1.82) is 0 Å². The SMILES string of the molecule is CCNC(=NCCCCn1ccccc1=O)NC(C)CCC(C)C. The summed E-state index contributed by atoms with van der Waals surface area (Å²) in [4.78, 5) is 16.3. The molecule has 0 aliphatic carbocycles. The number of unbranched alkanes of at least 4 members (excludes halogenated alkanes) is 1. The summed E-state index contributed by atoms with van der Waals surface area (Å²) in [5.74, 6) is 1.63. The summed E-state index contributed by atoms with van der Waals surface area (Å²) < 4.78 is 1.75. The van der Waals surface area contributed by atoms with Gasteiger partial charge < -0.3 is 15.2 Å². The van der Waals surface area contributed by atoms with Crippen LogP contribution in [-0.2, 0) is 6.54 Å². The van der Waals surface area contributed by atoms with Crippen molar-refractivity contribution < 1.29 is 0 Å². The normalized spacial score (nSPS) is 13.1. The lowest BCUT2D eigenvalue weighted by Crippen LogP contribution is -2.42. The monoisotopic (exact) mass is 334 g/mol. The molecule has 1 aromatic heterocycles. The van der Waals surface area contributed by atoms with Crippen LogP contribution in [0.25, 0.3) is 0 Å². The van der Waals surface area contributed by atoms with Gasteiger partial charge in [-0.3, -0.25) is 9.79 Å². The van der Waals surface area contributed by atoms with E-state index in [1.54, 1.807) is 16.7 Å². The van der Waals surface area contributed by atoms with Crippen LogP contribution in [0.1, 0.15) is 53.4 Å². The smallest absolute Gasteiger partial charge is 0.250 e. The summed E-state index contributed by atoms with van der Waals surface area (Å²) >= 11 is 0. The highest BCUT2D eigenvalue weighted by Crippen LogP contribution is 2.06. The lowest BCUT2D eigenvalue weighted by atomic mass is 10.0. The number of hydrogen-bond acceptors (Lipinski definition) is 2. The topological polar surface area (TPSA) is 58.4 Å². The maximum Gasteiger partial charge on any atom is 0.250 e. The molecule has 136 valence electrons. The Hall–Kier alpha value is -1.78. The molecule has 0 aliphatic rings. The fraction of sp³-hybridized carbons (Fsp3) is 0.684. The molecule has 0 bridgehead atoms. The van der Waals surface area contributed by atoms with Crippen LogP contribution in [0.2, 0.25) is 0 Å². The predicted octanol–water partition coefficient (Wildman–Crippen LogP) is 3.01. The first kappa shape index (κ1) is 20.3. The maximum atomic E-state index is 11.6. The Labute approximate surface area is 146 Å². The molecule has 0 aliphatic heterocycles. The minimum Gasteiger partial charge on any atom is -0.357 e. The van der Waals surface area contributed by atoms with Gasteiger partial charge in [0.25, 0.3) is 0 Å². The number of hydrogen-bond donors (Lipinski definition) is 2. The van der Waals surface area contributed by atoms with Crippen LogP contribution in [0, 0.1) is 5.92 Å². The summed E-state index contributed by atoms with van der Waals surface area (Å²) in [6, 6.07) is 5.70. The summed E-state index contributed by atoms with van der Waals surface area (Å²) in [6.07, 6.45) is 6.14. The molecule has 1 heterocycles. The van der Waals surface area contributed by atoms with Crippen LogP contribution in [-0.4, -0.2) is 29.7 Å². The molecule has 1 aromatic rings. The molecule has 0 radical (unpaired) electrons. The number of pyridine rings is 1. The molecule has 1 rings (SSSR count). The Bertz CT molecular complexity index is 536. The van der Waals surface area contributed by atoms with Crippen molar-refractivity contribution in [2.75, 3.05) is 13.1 Å². The van der Waals surface area contributed by atoms with E-state index in [4.69, 9.17) is 0 Å². The van der Waals surface area contributed by atoms with Crippen molar-refractivity contribution in [3.8, 4) is 0 Å². The molecule has 5 heteroatoms. The van der Waals surface area contributed by atoms with E-state index in [0.29, 0.717) is 6.04 Å². The number of aryl methyl sites for hydroxylation is 1. The summed E-state index contributed by atoms with van der Waals surface area (Å²) in [7, 11) is 0. The fourth-order valence-corrected chi connectivity index (χ4v) is 2.44. The van der Waals surface area contributed by atoms with Crippen LogP contribution >= 0.6 is 0 Å². The zero-order valence-electron chi connectivity index (χ0n) is 15.7. The van der Waals surface area contributed by atoms with Crippen molar-refractivity contribution in [1.82, 2.24) is 15.2 Å². The molecule has 2 N–H and O–H groups in total. The van der Waals surface area contributed by atoms with E-state index in [-0.39, 0.29) is 5.56 Å². The van der Waals surface area contributed by atoms with E-state index >= 15 is 0 Å². The van der Waals surface area contributed by atoms with Crippen LogP contribution < -0.4 is 16.2 Å². The Kier molecular flexibility index (Phi) is 9.89. The van der Waals surface area contributed by atoms with Gasteiger partial charge in [-0.25, -0.2) is 0 Å². The first-order valence-corrected chi connectivity index (χ1v) is 9.23. The van der Waals surface area contributed by atoms with Gasteiger partial charge in [0.05, 0.1) is 0 Å². The number of nitrogens with one attached hydrogen (secondary N) is 2. The van der Waals surface area contributed by atoms with Crippen molar-refractivity contribution in [3.05, 3.63) is 34.7 Å². The Balaban J connectivity index is 2.34. The van der Waals surface area contributed by atoms with Gasteiger partial charge in [-0.05, 0) is 51.5 Å². The second-order valence-electron chi connectivity index (χ2n) is 6.72. The van der Waals surface area contributed by atoms with Gasteiger partial charge in [-0.1, -0.05) is 19.9 Å². The second-order valence-corrected chi connectivity index (χ2v) is 6.72. The maximum absolute atomic E-state index is 11.6. The van der Waals surface area contributed by atoms with Gasteiger partial charge in [0.15, 0.2) is 5.96 Å². The average Bonchev–Trinajstić information content (AvgIpc) is 2.54. The molecule has 5 nitrogen and oxygen atoms in total. The molecular formula is C19H34N4O. The van der Waals surface area contributed by atoms with Crippen molar-refractivity contribution in [2.45, 2.75) is 66.0 Å². The van der Waals surface area contributed by atoms with Crippen LogP contribution in [0.15, 0.2) is 34.2 Å². The van der Waals surface area contributed by atoms with Gasteiger partial charge >= 0.3 is 0 Å². The Morgan fingerprint density at radius 2 is 2.00 bits per heavy atom. The lowest BCUT2D eigenvalue weighted by Gasteiger charge is -2.18. The van der Waals surface area contributed by atoms with Gasteiger partial charge in [0.2, 0.25) is 5.56 Å². The molecule has 0 spiro atoms. The molecule has 0 fully saturated rings. The number of aromatic nitrogens is 1. The summed E-state index contributed by atoms with van der Waals surface area (Å²) in [5, 5.41) is 6.78. The Morgan fingerprint density at radius 3 is 2.67 bits per heavy atom. The quantitative estimate of drug-likeness (QED) is 0.393. The molecule has 1 atom stereocenters. The number of aliphatic imine (C=N–C) groups is 1. The first-order valence-electron chi connectivity index (χ1n) is 9.23. The molecule has 24 heavy (non-hydrogen) atoms. The molecular weight excluding hydrogens is 300 g/mol. The van der Waals surface area contributed by atoms with E-state index in [9.17, 15) is 4.79 Å². The van der Waals surface area contributed by atoms with Gasteiger partial charge in [0, 0.05) is 37.9 Å². The number of nitrogens with zero attached hydrogens (tertiary/aromatic N) is 2. The zero-order chi connectivity index (χ0) is 17.8. The average molecular weight is 335 g/mol. The Morgan fingerprint density at radius 1 is 1.21 bits per heavy atom. The zero-order valence-corrected chi connectivity index (χ0v) is 15.7. The largest absolute Gasteiger partial charge is 0.357 e. The third kappa shape index (κ3) is 8.75. The molecule has 0 amide bonds. The van der Waals surface area contributed by atoms with E-state index in [1.165, 1.54) is 6.42 Å². The standard InChI is InChI=1S/C19H34N4O/c1-5-20-19(22-17(4)12-11-16(2)3)21-13-7-9-15-23-14-8-6-10-18(23)24/h6,8,10,14,16-17H,5,7,9,11-13,15H2,1-4H3,(H2,20,21,22). The fourth-order valence-electron chi connectivity index (χ4n) is 2.44. The second kappa shape index (κ2) is 11.7. The van der Waals surface area contributed by atoms with E-state index < -0.39 is 0 Å². The first-order chi connectivity index (χ1) is 11.5. The summed E-state index contributed by atoms with van der Waals surface area (Å²) in [5.41, 5.74) is 0.0648. The molecule has 1 unspecified atom stereocenters. The highest BCUT2D eigenvalue weighted by molar-refractivity contribution is 5.79. The highest BCUT2D eigenvalue weighted by atomic mass is 16.1. The molecule has 0 aromatic carbocycles.